The maximum atomic E-state index is 10.5. The Hall–Kier alpha value is -1.10. The van der Waals surface area contributed by atoms with Crippen LogP contribution in [-0.4, -0.2) is 38.7 Å². The number of fused-ring (bicyclic) bond motifs is 5. The minimum atomic E-state index is -1.03. The van der Waals surface area contributed by atoms with E-state index in [0.717, 1.165) is 25.7 Å². The summed E-state index contributed by atoms with van der Waals surface area (Å²) >= 11 is 0. The molecule has 3 aliphatic rings. The molecular weight excluding hydrogens is 280 g/mol. The monoisotopic (exact) mass is 304 g/mol. The van der Waals surface area contributed by atoms with Gasteiger partial charge in [0.1, 0.15) is 11.9 Å². The molecule has 7 atom stereocenters. The summed E-state index contributed by atoms with van der Waals surface area (Å²) in [5.41, 5.74) is 2.09. The van der Waals surface area contributed by atoms with Crippen molar-refractivity contribution in [1.82, 2.24) is 0 Å². The molecule has 4 rings (SSSR count). The molecule has 4 nitrogen and oxygen atoms in total. The Morgan fingerprint density at radius 1 is 1.09 bits per heavy atom. The Morgan fingerprint density at radius 3 is 2.64 bits per heavy atom. The number of aromatic hydroxyl groups is 1. The zero-order valence-electron chi connectivity index (χ0n) is 12.8. The van der Waals surface area contributed by atoms with Crippen molar-refractivity contribution in [2.24, 2.45) is 17.3 Å². The summed E-state index contributed by atoms with van der Waals surface area (Å²) in [6.45, 7) is 2.02. The quantitative estimate of drug-likeness (QED) is 0.586. The Balaban J connectivity index is 1.74. The first-order valence-electron chi connectivity index (χ1n) is 8.29. The Kier molecular flexibility index (Phi) is 3.09. The fraction of sp³-hybridized carbons (Fsp3) is 0.667. The second-order valence-corrected chi connectivity index (χ2v) is 7.69. The van der Waals surface area contributed by atoms with Gasteiger partial charge < -0.3 is 20.4 Å². The molecule has 0 radical (unpaired) electrons. The van der Waals surface area contributed by atoms with Crippen molar-refractivity contribution in [2.45, 2.75) is 56.8 Å². The highest BCUT2D eigenvalue weighted by molar-refractivity contribution is 5.40. The summed E-state index contributed by atoms with van der Waals surface area (Å²) in [7, 11) is 0. The molecule has 4 N–H and O–H groups in total. The van der Waals surface area contributed by atoms with Crippen LogP contribution in [0.1, 0.15) is 43.2 Å². The number of phenolic OH excluding ortho intramolecular Hbond substituents is 1. The summed E-state index contributed by atoms with van der Waals surface area (Å²) in [5.74, 6) is 0.898. The number of aliphatic hydroxyl groups excluding tert-OH is 3. The van der Waals surface area contributed by atoms with E-state index in [1.54, 1.807) is 6.07 Å². The first-order chi connectivity index (χ1) is 10.4. The van der Waals surface area contributed by atoms with Crippen LogP contribution in [0, 0.1) is 17.3 Å². The Bertz CT molecular complexity index is 601. The largest absolute Gasteiger partial charge is 0.508 e. The number of aliphatic hydroxyl groups is 3. The van der Waals surface area contributed by atoms with Crippen molar-refractivity contribution in [3.63, 3.8) is 0 Å². The third kappa shape index (κ3) is 1.75. The highest BCUT2D eigenvalue weighted by Crippen LogP contribution is 2.60. The van der Waals surface area contributed by atoms with Crippen LogP contribution in [0.4, 0.5) is 0 Å². The molecule has 4 unspecified atom stereocenters. The van der Waals surface area contributed by atoms with E-state index in [0.29, 0.717) is 11.7 Å². The summed E-state index contributed by atoms with van der Waals surface area (Å²) in [6.07, 6.45) is 0.894. The summed E-state index contributed by atoms with van der Waals surface area (Å²) in [5, 5.41) is 40.7. The minimum Gasteiger partial charge on any atom is -0.508 e. The number of hydrogen-bond donors (Lipinski definition) is 4. The third-order valence-corrected chi connectivity index (χ3v) is 6.72. The van der Waals surface area contributed by atoms with Gasteiger partial charge in [-0.2, -0.15) is 0 Å². The zero-order chi connectivity index (χ0) is 15.6. The van der Waals surface area contributed by atoms with Crippen LogP contribution < -0.4 is 0 Å². The summed E-state index contributed by atoms with van der Waals surface area (Å²) < 4.78 is 0. The summed E-state index contributed by atoms with van der Waals surface area (Å²) in [4.78, 5) is 0. The first kappa shape index (κ1) is 14.5. The maximum absolute atomic E-state index is 10.5. The van der Waals surface area contributed by atoms with Crippen molar-refractivity contribution < 1.29 is 20.4 Å². The zero-order valence-corrected chi connectivity index (χ0v) is 12.8. The fourth-order valence-electron chi connectivity index (χ4n) is 5.62. The van der Waals surface area contributed by atoms with Crippen LogP contribution in [0.2, 0.25) is 0 Å². The number of hydrogen-bond acceptors (Lipinski definition) is 4. The summed E-state index contributed by atoms with van der Waals surface area (Å²) in [6, 6.07) is 5.61. The SMILES string of the molecule is C[C@]12CCC3c4ccc(O)cc4CC[C@H]3C1C(O)C(O)[C@@H]2O. The fourth-order valence-corrected chi connectivity index (χ4v) is 5.62. The molecule has 0 amide bonds. The van der Waals surface area contributed by atoms with E-state index in [-0.39, 0.29) is 11.8 Å². The van der Waals surface area contributed by atoms with E-state index in [1.807, 2.05) is 19.1 Å². The molecule has 0 aromatic heterocycles. The molecule has 0 heterocycles. The highest BCUT2D eigenvalue weighted by atomic mass is 16.4. The van der Waals surface area contributed by atoms with Gasteiger partial charge in [-0.1, -0.05) is 13.0 Å². The van der Waals surface area contributed by atoms with E-state index in [4.69, 9.17) is 0 Å². The maximum Gasteiger partial charge on any atom is 0.115 e. The van der Waals surface area contributed by atoms with Crippen LogP contribution in [0.5, 0.6) is 5.75 Å². The average molecular weight is 304 g/mol. The molecule has 120 valence electrons. The lowest BCUT2D eigenvalue weighted by Crippen LogP contribution is -2.46. The van der Waals surface area contributed by atoms with Gasteiger partial charge in [0, 0.05) is 5.41 Å². The predicted molar refractivity (Wildman–Crippen MR) is 81.5 cm³/mol. The first-order valence-corrected chi connectivity index (χ1v) is 8.29. The lowest BCUT2D eigenvalue weighted by molar-refractivity contribution is -0.0505. The van der Waals surface area contributed by atoms with Crippen LogP contribution >= 0.6 is 0 Å². The van der Waals surface area contributed by atoms with Crippen molar-refractivity contribution in [2.75, 3.05) is 0 Å². The molecule has 1 aromatic carbocycles. The lowest BCUT2D eigenvalue weighted by Gasteiger charge is -2.50. The second kappa shape index (κ2) is 4.70. The Labute approximate surface area is 130 Å². The standard InChI is InChI=1S/C18H24O4/c1-18-7-6-12-11-5-3-10(19)8-9(11)2-4-13(12)14(18)15(20)16(21)17(18)22/h3,5,8,12-17,19-22H,2,4,6-7H2,1H3/t12?,13-,14?,15?,16?,17+,18+/m1/s1. The molecule has 1 aromatic rings. The number of aryl methyl sites for hydroxylation is 1. The van der Waals surface area contributed by atoms with Gasteiger partial charge in [-0.3, -0.25) is 0 Å². The van der Waals surface area contributed by atoms with Crippen LogP contribution in [0.25, 0.3) is 0 Å². The van der Waals surface area contributed by atoms with Gasteiger partial charge in [0.2, 0.25) is 0 Å². The molecular formula is C18H24O4. The molecule has 0 bridgehead atoms. The van der Waals surface area contributed by atoms with Crippen LogP contribution in [0.15, 0.2) is 18.2 Å². The van der Waals surface area contributed by atoms with Crippen LogP contribution in [-0.2, 0) is 6.42 Å². The molecule has 0 spiro atoms. The van der Waals surface area contributed by atoms with Crippen LogP contribution in [0.3, 0.4) is 0 Å². The molecule has 4 heteroatoms. The highest BCUT2D eigenvalue weighted by Gasteiger charge is 2.62. The number of phenols is 1. The van der Waals surface area contributed by atoms with Gasteiger partial charge in [-0.15, -0.1) is 0 Å². The Morgan fingerprint density at radius 2 is 1.86 bits per heavy atom. The van der Waals surface area contributed by atoms with E-state index in [9.17, 15) is 20.4 Å². The van der Waals surface area contributed by atoms with Gasteiger partial charge >= 0.3 is 0 Å². The lowest BCUT2D eigenvalue weighted by atomic mass is 9.55. The van der Waals surface area contributed by atoms with E-state index < -0.39 is 23.7 Å². The number of benzene rings is 1. The van der Waals surface area contributed by atoms with Crippen molar-refractivity contribution in [3.05, 3.63) is 29.3 Å². The topological polar surface area (TPSA) is 80.9 Å². The van der Waals surface area contributed by atoms with Gasteiger partial charge in [0.15, 0.2) is 0 Å². The molecule has 2 fully saturated rings. The van der Waals surface area contributed by atoms with Gasteiger partial charge in [0.05, 0.1) is 12.2 Å². The minimum absolute atomic E-state index is 0.0572. The molecule has 2 saturated carbocycles. The molecule has 0 aliphatic heterocycles. The second-order valence-electron chi connectivity index (χ2n) is 7.69. The van der Waals surface area contributed by atoms with Crippen molar-refractivity contribution in [1.29, 1.82) is 0 Å². The van der Waals surface area contributed by atoms with Gasteiger partial charge in [-0.05, 0) is 66.7 Å². The normalized spacial score (nSPS) is 46.7. The van der Waals surface area contributed by atoms with E-state index in [1.165, 1.54) is 11.1 Å². The van der Waals surface area contributed by atoms with Gasteiger partial charge in [0.25, 0.3) is 0 Å². The average Bonchev–Trinajstić information content (AvgIpc) is 2.68. The van der Waals surface area contributed by atoms with Crippen molar-refractivity contribution >= 4 is 0 Å². The molecule has 3 aliphatic carbocycles. The van der Waals surface area contributed by atoms with E-state index in [2.05, 4.69) is 0 Å². The third-order valence-electron chi connectivity index (χ3n) is 6.72. The van der Waals surface area contributed by atoms with Gasteiger partial charge in [-0.25, -0.2) is 0 Å². The predicted octanol–water partition coefficient (Wildman–Crippen LogP) is 1.55. The van der Waals surface area contributed by atoms with E-state index >= 15 is 0 Å². The molecule has 22 heavy (non-hydrogen) atoms. The van der Waals surface area contributed by atoms with Crippen molar-refractivity contribution in [3.8, 4) is 5.75 Å². The number of rotatable bonds is 0. The smallest absolute Gasteiger partial charge is 0.115 e. The molecule has 0 saturated heterocycles.